The maximum absolute atomic E-state index is 13.1. The molecule has 1 saturated heterocycles. The summed E-state index contributed by atoms with van der Waals surface area (Å²) in [5.74, 6) is 0.584. The quantitative estimate of drug-likeness (QED) is 0.546. The summed E-state index contributed by atoms with van der Waals surface area (Å²) in [5, 5.41) is 3.08. The Kier molecular flexibility index (Phi) is 10.9. The number of rotatable bonds is 9. The fourth-order valence-corrected chi connectivity index (χ4v) is 4.52. The molecule has 3 rings (SSSR count). The van der Waals surface area contributed by atoms with E-state index in [1.165, 1.54) is 5.56 Å². The van der Waals surface area contributed by atoms with Crippen molar-refractivity contribution in [1.29, 1.82) is 0 Å². The summed E-state index contributed by atoms with van der Waals surface area (Å²) in [5.41, 5.74) is 2.71. The molecule has 0 spiro atoms. The van der Waals surface area contributed by atoms with E-state index in [1.807, 2.05) is 52.1 Å². The van der Waals surface area contributed by atoms with Gasteiger partial charge in [-0.2, -0.15) is 0 Å². The lowest BCUT2D eigenvalue weighted by molar-refractivity contribution is -0.146. The molecule has 7 nitrogen and oxygen atoms in total. The fourth-order valence-electron chi connectivity index (χ4n) is 4.52. The minimum atomic E-state index is -0.559. The topological polar surface area (TPSA) is 79.0 Å². The molecule has 0 saturated carbocycles. The van der Waals surface area contributed by atoms with Crippen LogP contribution in [0, 0.1) is 5.92 Å². The molecule has 2 amide bonds. The Labute approximate surface area is 209 Å². The van der Waals surface area contributed by atoms with Crippen molar-refractivity contribution in [3.8, 4) is 5.75 Å². The summed E-state index contributed by atoms with van der Waals surface area (Å²) >= 11 is 0. The lowest BCUT2D eigenvalue weighted by Gasteiger charge is -2.34. The number of amides is 2. The second kappa shape index (κ2) is 13.6. The number of allylic oxidation sites excluding steroid dienone is 1. The van der Waals surface area contributed by atoms with Gasteiger partial charge in [0, 0.05) is 25.2 Å². The van der Waals surface area contributed by atoms with Crippen LogP contribution in [0.3, 0.4) is 0 Å². The van der Waals surface area contributed by atoms with Gasteiger partial charge in [-0.05, 0) is 56.0 Å². The number of likely N-dealkylation sites (tertiary alicyclic amines) is 1. The van der Waals surface area contributed by atoms with Crippen LogP contribution >= 0.6 is 0 Å². The Morgan fingerprint density at radius 2 is 1.97 bits per heavy atom. The standard InChI is InChI=1S/C19H26N2O3.C9H13NO/c1-5-8-14-11-21(18(23)16(14)6-2)17(13(3)4)19(24)20-10-7-9-15(20)12-22;1-10-7-8-3-5-9(11-2)6-4-8/h5-6,8,12-13,15,17H,2,7,9-11H2,1,3-4H3;3-6,10H,7H2,1-2H3/b8-5-;. The highest BCUT2D eigenvalue weighted by atomic mass is 16.5. The molecule has 2 unspecified atom stereocenters. The summed E-state index contributed by atoms with van der Waals surface area (Å²) in [6, 6.07) is 7.11. The third-order valence-corrected chi connectivity index (χ3v) is 6.25. The molecule has 2 atom stereocenters. The zero-order valence-electron chi connectivity index (χ0n) is 21.6. The molecule has 0 radical (unpaired) electrons. The molecule has 1 aromatic carbocycles. The molecule has 2 heterocycles. The molecule has 1 aromatic rings. The van der Waals surface area contributed by atoms with E-state index in [1.54, 1.807) is 23.0 Å². The predicted molar refractivity (Wildman–Crippen MR) is 139 cm³/mol. The van der Waals surface area contributed by atoms with Crippen LogP contribution in [-0.4, -0.2) is 67.2 Å². The van der Waals surface area contributed by atoms with Gasteiger partial charge in [-0.25, -0.2) is 0 Å². The molecule has 190 valence electrons. The first-order valence-corrected chi connectivity index (χ1v) is 12.1. The number of carbonyl (C=O) groups is 3. The van der Waals surface area contributed by atoms with Crippen LogP contribution < -0.4 is 10.1 Å². The van der Waals surface area contributed by atoms with Crippen LogP contribution in [0.5, 0.6) is 5.75 Å². The van der Waals surface area contributed by atoms with Gasteiger partial charge in [-0.1, -0.05) is 50.8 Å². The van der Waals surface area contributed by atoms with Crippen molar-refractivity contribution in [1.82, 2.24) is 15.1 Å². The number of benzene rings is 1. The van der Waals surface area contributed by atoms with E-state index in [9.17, 15) is 14.4 Å². The zero-order chi connectivity index (χ0) is 26.0. The lowest BCUT2D eigenvalue weighted by atomic mass is 10.0. The molecule has 0 aromatic heterocycles. The number of hydrogen-bond acceptors (Lipinski definition) is 5. The van der Waals surface area contributed by atoms with Crippen LogP contribution in [0.2, 0.25) is 0 Å². The van der Waals surface area contributed by atoms with Crippen molar-refractivity contribution in [2.75, 3.05) is 27.2 Å². The first kappa shape index (κ1) is 28.1. The highest BCUT2D eigenvalue weighted by Gasteiger charge is 2.42. The Balaban J connectivity index is 0.000000328. The van der Waals surface area contributed by atoms with Gasteiger partial charge in [-0.3, -0.25) is 9.59 Å². The van der Waals surface area contributed by atoms with Crippen LogP contribution in [-0.2, 0) is 20.9 Å². The molecule has 2 aliphatic heterocycles. The number of nitrogens with zero attached hydrogens (tertiary/aromatic N) is 2. The van der Waals surface area contributed by atoms with Gasteiger partial charge in [-0.15, -0.1) is 0 Å². The minimum absolute atomic E-state index is 0.0367. The Morgan fingerprint density at radius 1 is 1.29 bits per heavy atom. The number of hydrogen-bond donors (Lipinski definition) is 1. The van der Waals surface area contributed by atoms with E-state index < -0.39 is 6.04 Å². The molecule has 0 bridgehead atoms. The SMILES string of the molecule is C=CC1=C(/C=C\C)CN(C(C(=O)N2CCCC2C=O)C(C)C)C1=O.CNCc1ccc(OC)cc1. The molecule has 0 aliphatic carbocycles. The monoisotopic (exact) mass is 481 g/mol. The van der Waals surface area contributed by atoms with Gasteiger partial charge >= 0.3 is 0 Å². The van der Waals surface area contributed by atoms with Crippen molar-refractivity contribution in [2.45, 2.75) is 52.2 Å². The van der Waals surface area contributed by atoms with Crippen LogP contribution in [0.1, 0.15) is 39.2 Å². The zero-order valence-corrected chi connectivity index (χ0v) is 21.6. The minimum Gasteiger partial charge on any atom is -0.497 e. The molecule has 35 heavy (non-hydrogen) atoms. The van der Waals surface area contributed by atoms with Gasteiger partial charge in [0.25, 0.3) is 5.91 Å². The second-order valence-corrected chi connectivity index (χ2v) is 9.02. The first-order valence-electron chi connectivity index (χ1n) is 12.1. The van der Waals surface area contributed by atoms with Crippen LogP contribution in [0.15, 0.2) is 60.2 Å². The number of nitrogens with one attached hydrogen (secondary N) is 1. The van der Waals surface area contributed by atoms with E-state index in [2.05, 4.69) is 24.0 Å². The first-order chi connectivity index (χ1) is 16.8. The predicted octanol–water partition coefficient (Wildman–Crippen LogP) is 3.52. The van der Waals surface area contributed by atoms with Gasteiger partial charge < -0.3 is 24.6 Å². The van der Waals surface area contributed by atoms with E-state index in [4.69, 9.17) is 4.74 Å². The molecule has 7 heteroatoms. The summed E-state index contributed by atoms with van der Waals surface area (Å²) in [6.07, 6.45) is 7.70. The Bertz CT molecular complexity index is 949. The van der Waals surface area contributed by atoms with Crippen LogP contribution in [0.4, 0.5) is 0 Å². The molecule has 1 fully saturated rings. The van der Waals surface area contributed by atoms with Crippen molar-refractivity contribution < 1.29 is 19.1 Å². The van der Waals surface area contributed by atoms with Gasteiger partial charge in [0.05, 0.1) is 13.2 Å². The summed E-state index contributed by atoms with van der Waals surface area (Å²) in [7, 11) is 3.61. The van der Waals surface area contributed by atoms with E-state index >= 15 is 0 Å². The van der Waals surface area contributed by atoms with Crippen molar-refractivity contribution in [3.05, 3.63) is 65.8 Å². The lowest BCUT2D eigenvalue weighted by Crippen LogP contribution is -2.53. The maximum Gasteiger partial charge on any atom is 0.255 e. The third kappa shape index (κ3) is 6.92. The maximum atomic E-state index is 13.1. The Morgan fingerprint density at radius 3 is 2.49 bits per heavy atom. The molecular formula is C28H39N3O4. The molecule has 1 N–H and O–H groups in total. The third-order valence-electron chi connectivity index (χ3n) is 6.25. The van der Waals surface area contributed by atoms with Crippen molar-refractivity contribution >= 4 is 18.1 Å². The normalized spacial score (nSPS) is 18.7. The number of ether oxygens (including phenoxy) is 1. The van der Waals surface area contributed by atoms with E-state index in [-0.39, 0.29) is 23.8 Å². The summed E-state index contributed by atoms with van der Waals surface area (Å²) in [6.45, 7) is 11.4. The largest absolute Gasteiger partial charge is 0.497 e. The van der Waals surface area contributed by atoms with Gasteiger partial charge in [0.15, 0.2) is 0 Å². The van der Waals surface area contributed by atoms with Crippen molar-refractivity contribution in [2.24, 2.45) is 5.92 Å². The van der Waals surface area contributed by atoms with Gasteiger partial charge in [0.1, 0.15) is 18.1 Å². The summed E-state index contributed by atoms with van der Waals surface area (Å²) < 4.78 is 5.03. The van der Waals surface area contributed by atoms with E-state index in [0.29, 0.717) is 25.1 Å². The number of aldehydes is 1. The molecular weight excluding hydrogens is 442 g/mol. The second-order valence-electron chi connectivity index (χ2n) is 9.02. The highest BCUT2D eigenvalue weighted by Crippen LogP contribution is 2.28. The number of carbonyl (C=O) groups excluding carboxylic acids is 3. The van der Waals surface area contributed by atoms with Crippen LogP contribution in [0.25, 0.3) is 0 Å². The smallest absolute Gasteiger partial charge is 0.255 e. The average Bonchev–Trinajstić information content (AvgIpc) is 3.45. The van der Waals surface area contributed by atoms with Gasteiger partial charge in [0.2, 0.25) is 5.91 Å². The Hall–Kier alpha value is -3.19. The van der Waals surface area contributed by atoms with E-state index in [0.717, 1.165) is 30.6 Å². The van der Waals surface area contributed by atoms with Crippen molar-refractivity contribution in [3.63, 3.8) is 0 Å². The summed E-state index contributed by atoms with van der Waals surface area (Å²) in [4.78, 5) is 40.3. The average molecular weight is 482 g/mol. The number of methoxy groups -OCH3 is 1. The molecule has 2 aliphatic rings. The fraction of sp³-hybridized carbons (Fsp3) is 0.464. The highest BCUT2D eigenvalue weighted by molar-refractivity contribution is 6.03.